The number of methoxy groups -OCH3 is 1. The fraction of sp³-hybridized carbons (Fsp3) is 0.263. The number of carbonyl (C=O) groups is 2. The summed E-state index contributed by atoms with van der Waals surface area (Å²) < 4.78 is 10.9. The summed E-state index contributed by atoms with van der Waals surface area (Å²) in [5.74, 6) is 0.232. The molecule has 0 atom stereocenters. The highest BCUT2D eigenvalue weighted by molar-refractivity contribution is 6.32. The highest BCUT2D eigenvalue weighted by atomic mass is 35.5. The third-order valence-corrected chi connectivity index (χ3v) is 3.76. The van der Waals surface area contributed by atoms with Gasteiger partial charge in [0.25, 0.3) is 11.8 Å². The number of carbonyl (C=O) groups excluding carboxylic acids is 2. The van der Waals surface area contributed by atoms with Crippen molar-refractivity contribution in [3.05, 3.63) is 52.5 Å². The van der Waals surface area contributed by atoms with E-state index in [1.54, 1.807) is 37.4 Å². The summed E-state index contributed by atoms with van der Waals surface area (Å²) in [6.07, 6.45) is -0.0834. The van der Waals surface area contributed by atoms with E-state index < -0.39 is 0 Å². The number of anilines is 1. The molecule has 0 bridgehead atoms. The number of nitrogens with one attached hydrogen (secondary N) is 2. The minimum atomic E-state index is -0.353. The van der Waals surface area contributed by atoms with Crippen molar-refractivity contribution in [3.8, 4) is 11.5 Å². The first-order valence-electron chi connectivity index (χ1n) is 8.03. The van der Waals surface area contributed by atoms with Gasteiger partial charge in [-0.1, -0.05) is 11.6 Å². The van der Waals surface area contributed by atoms with E-state index in [0.29, 0.717) is 28.3 Å². The van der Waals surface area contributed by atoms with Crippen LogP contribution in [0.3, 0.4) is 0 Å². The van der Waals surface area contributed by atoms with E-state index in [0.717, 1.165) is 0 Å². The highest BCUT2D eigenvalue weighted by Gasteiger charge is 2.17. The molecular weight excluding hydrogens is 356 g/mol. The van der Waals surface area contributed by atoms with Crippen LogP contribution in [0.5, 0.6) is 11.5 Å². The molecule has 0 heterocycles. The Bertz CT molecular complexity index is 804. The van der Waals surface area contributed by atoms with Crippen LogP contribution in [-0.4, -0.2) is 32.1 Å². The largest absolute Gasteiger partial charge is 0.493 e. The summed E-state index contributed by atoms with van der Waals surface area (Å²) >= 11 is 6.25. The Morgan fingerprint density at radius 1 is 1.04 bits per heavy atom. The van der Waals surface area contributed by atoms with Gasteiger partial charge in [-0.3, -0.25) is 9.59 Å². The molecule has 2 amide bonds. The summed E-state index contributed by atoms with van der Waals surface area (Å²) in [5.41, 5.74) is 1.39. The second-order valence-corrected chi connectivity index (χ2v) is 6.17. The summed E-state index contributed by atoms with van der Waals surface area (Å²) in [6.45, 7) is 3.75. The number of rotatable bonds is 6. The maximum absolute atomic E-state index is 12.5. The van der Waals surface area contributed by atoms with E-state index in [9.17, 15) is 9.59 Å². The van der Waals surface area contributed by atoms with Crippen LogP contribution in [0, 0.1) is 0 Å². The van der Waals surface area contributed by atoms with Crippen LogP contribution < -0.4 is 20.1 Å². The molecule has 7 heteroatoms. The van der Waals surface area contributed by atoms with Crippen molar-refractivity contribution in [3.63, 3.8) is 0 Å². The molecular formula is C19H21ClN2O4. The Balaban J connectivity index is 2.21. The van der Waals surface area contributed by atoms with Crippen LogP contribution in [0.2, 0.25) is 5.02 Å². The monoisotopic (exact) mass is 376 g/mol. The normalized spacial score (nSPS) is 10.4. The molecule has 138 valence electrons. The quantitative estimate of drug-likeness (QED) is 0.805. The second kappa shape index (κ2) is 8.58. The number of ether oxygens (including phenoxy) is 2. The van der Waals surface area contributed by atoms with Crippen LogP contribution in [0.4, 0.5) is 5.69 Å². The molecule has 2 rings (SSSR count). The summed E-state index contributed by atoms with van der Waals surface area (Å²) in [7, 11) is 3.04. The Hall–Kier alpha value is -2.73. The molecule has 0 aliphatic heterocycles. The molecule has 2 aromatic rings. The van der Waals surface area contributed by atoms with Gasteiger partial charge in [-0.15, -0.1) is 0 Å². The Labute approximate surface area is 157 Å². The molecule has 0 unspecified atom stereocenters. The smallest absolute Gasteiger partial charge is 0.255 e. The van der Waals surface area contributed by atoms with Gasteiger partial charge in [0, 0.05) is 23.9 Å². The Morgan fingerprint density at radius 2 is 1.69 bits per heavy atom. The third kappa shape index (κ3) is 4.67. The fourth-order valence-corrected chi connectivity index (χ4v) is 2.51. The number of hydrogen-bond acceptors (Lipinski definition) is 4. The zero-order valence-corrected chi connectivity index (χ0v) is 15.8. The number of hydrogen-bond donors (Lipinski definition) is 2. The van der Waals surface area contributed by atoms with Crippen molar-refractivity contribution in [2.75, 3.05) is 19.5 Å². The Kier molecular flexibility index (Phi) is 6.46. The zero-order chi connectivity index (χ0) is 19.3. The van der Waals surface area contributed by atoms with Crippen molar-refractivity contribution in [2.45, 2.75) is 20.0 Å². The van der Waals surface area contributed by atoms with Gasteiger partial charge in [0.1, 0.15) is 0 Å². The molecule has 0 spiro atoms. The van der Waals surface area contributed by atoms with E-state index >= 15 is 0 Å². The van der Waals surface area contributed by atoms with Gasteiger partial charge in [0.2, 0.25) is 0 Å². The molecule has 2 aromatic carbocycles. The lowest BCUT2D eigenvalue weighted by molar-refractivity contribution is 0.0962. The first kappa shape index (κ1) is 19.6. The standard InChI is InChI=1S/C19H21ClN2O4/c1-11(2)26-17-15(20)9-13(10-16(17)25-4)19(24)22-14-7-5-12(6-8-14)18(23)21-3/h5-11H,1-4H3,(H,21,23)(H,22,24). The first-order valence-corrected chi connectivity index (χ1v) is 8.41. The predicted molar refractivity (Wildman–Crippen MR) is 102 cm³/mol. The van der Waals surface area contributed by atoms with Crippen molar-refractivity contribution < 1.29 is 19.1 Å². The van der Waals surface area contributed by atoms with Gasteiger partial charge in [-0.25, -0.2) is 0 Å². The van der Waals surface area contributed by atoms with E-state index in [1.165, 1.54) is 13.2 Å². The highest BCUT2D eigenvalue weighted by Crippen LogP contribution is 2.37. The van der Waals surface area contributed by atoms with Gasteiger partial charge in [0.05, 0.1) is 18.2 Å². The average molecular weight is 377 g/mol. The van der Waals surface area contributed by atoms with Crippen molar-refractivity contribution in [1.29, 1.82) is 0 Å². The van der Waals surface area contributed by atoms with E-state index in [2.05, 4.69) is 10.6 Å². The van der Waals surface area contributed by atoms with Gasteiger partial charge >= 0.3 is 0 Å². The SMILES string of the molecule is CNC(=O)c1ccc(NC(=O)c2cc(Cl)c(OC(C)C)c(OC)c2)cc1. The summed E-state index contributed by atoms with van der Waals surface area (Å²) in [4.78, 5) is 24.0. The molecule has 0 aliphatic rings. The fourth-order valence-electron chi connectivity index (χ4n) is 2.25. The lowest BCUT2D eigenvalue weighted by atomic mass is 10.1. The second-order valence-electron chi connectivity index (χ2n) is 5.77. The van der Waals surface area contributed by atoms with Gasteiger partial charge in [-0.05, 0) is 50.2 Å². The van der Waals surface area contributed by atoms with Crippen molar-refractivity contribution in [1.82, 2.24) is 5.32 Å². The molecule has 2 N–H and O–H groups in total. The topological polar surface area (TPSA) is 76.7 Å². The Morgan fingerprint density at radius 3 is 2.23 bits per heavy atom. The molecule has 0 saturated heterocycles. The molecule has 0 aromatic heterocycles. The van der Waals surface area contributed by atoms with E-state index in [4.69, 9.17) is 21.1 Å². The first-order chi connectivity index (χ1) is 12.3. The van der Waals surface area contributed by atoms with Crippen molar-refractivity contribution in [2.24, 2.45) is 0 Å². The lowest BCUT2D eigenvalue weighted by Gasteiger charge is -2.16. The van der Waals surface area contributed by atoms with Crippen LogP contribution in [0.15, 0.2) is 36.4 Å². The minimum absolute atomic E-state index is 0.0834. The molecule has 0 aliphatic carbocycles. The molecule has 0 saturated carbocycles. The van der Waals surface area contributed by atoms with Crippen LogP contribution in [0.1, 0.15) is 34.6 Å². The number of amides is 2. The van der Waals surface area contributed by atoms with Gasteiger partial charge in [-0.2, -0.15) is 0 Å². The van der Waals surface area contributed by atoms with Crippen molar-refractivity contribution >= 4 is 29.1 Å². The van der Waals surface area contributed by atoms with Crippen LogP contribution in [0.25, 0.3) is 0 Å². The lowest BCUT2D eigenvalue weighted by Crippen LogP contribution is -2.18. The average Bonchev–Trinajstić information content (AvgIpc) is 2.62. The van der Waals surface area contributed by atoms with Gasteiger partial charge in [0.15, 0.2) is 11.5 Å². The van der Waals surface area contributed by atoms with Crippen LogP contribution >= 0.6 is 11.6 Å². The molecule has 0 fully saturated rings. The number of benzene rings is 2. The maximum Gasteiger partial charge on any atom is 0.255 e. The minimum Gasteiger partial charge on any atom is -0.493 e. The molecule has 26 heavy (non-hydrogen) atoms. The van der Waals surface area contributed by atoms with Crippen LogP contribution in [-0.2, 0) is 0 Å². The predicted octanol–water partition coefficient (Wildman–Crippen LogP) is 3.75. The van der Waals surface area contributed by atoms with E-state index in [-0.39, 0.29) is 22.9 Å². The summed E-state index contributed by atoms with van der Waals surface area (Å²) in [5, 5.41) is 5.58. The third-order valence-electron chi connectivity index (χ3n) is 3.48. The summed E-state index contributed by atoms with van der Waals surface area (Å²) in [6, 6.07) is 9.64. The molecule has 0 radical (unpaired) electrons. The molecule has 6 nitrogen and oxygen atoms in total. The number of halogens is 1. The van der Waals surface area contributed by atoms with E-state index in [1.807, 2.05) is 13.8 Å². The van der Waals surface area contributed by atoms with Gasteiger partial charge < -0.3 is 20.1 Å². The zero-order valence-electron chi connectivity index (χ0n) is 15.1. The maximum atomic E-state index is 12.5.